The van der Waals surface area contributed by atoms with Gasteiger partial charge in [-0.2, -0.15) is 0 Å². The molecular formula is C24H22Cl2N2O3. The molecule has 160 valence electrons. The molecule has 0 aliphatic rings. The van der Waals surface area contributed by atoms with Crippen molar-refractivity contribution in [3.05, 3.63) is 93.5 Å². The monoisotopic (exact) mass is 456 g/mol. The van der Waals surface area contributed by atoms with E-state index in [1.165, 1.54) is 6.07 Å². The van der Waals surface area contributed by atoms with E-state index in [1.54, 1.807) is 43.3 Å². The van der Waals surface area contributed by atoms with Gasteiger partial charge in [0, 0.05) is 11.6 Å². The van der Waals surface area contributed by atoms with Gasteiger partial charge in [0.15, 0.2) is 6.10 Å². The van der Waals surface area contributed by atoms with Gasteiger partial charge in [-0.05, 0) is 49.7 Å². The summed E-state index contributed by atoms with van der Waals surface area (Å²) < 4.78 is 5.65. The van der Waals surface area contributed by atoms with Crippen LogP contribution in [0.4, 0.5) is 5.69 Å². The first-order chi connectivity index (χ1) is 14.8. The van der Waals surface area contributed by atoms with E-state index < -0.39 is 12.0 Å². The Kier molecular flexibility index (Phi) is 7.55. The van der Waals surface area contributed by atoms with Crippen LogP contribution in [0.25, 0.3) is 0 Å². The van der Waals surface area contributed by atoms with E-state index in [2.05, 4.69) is 10.6 Å². The van der Waals surface area contributed by atoms with Gasteiger partial charge in [-0.25, -0.2) is 0 Å². The number of amides is 2. The third-order valence-electron chi connectivity index (χ3n) is 4.57. The molecule has 3 aromatic carbocycles. The first-order valence-corrected chi connectivity index (χ1v) is 10.4. The first-order valence-electron chi connectivity index (χ1n) is 9.69. The SMILES string of the molecule is Cc1ccc(CNC(=O)c2ccccc2NC(=O)C(C)Oc2ccc(Cl)cc2Cl)cc1. The molecule has 5 nitrogen and oxygen atoms in total. The minimum Gasteiger partial charge on any atom is -0.479 e. The van der Waals surface area contributed by atoms with Crippen LogP contribution in [0.15, 0.2) is 66.7 Å². The summed E-state index contributed by atoms with van der Waals surface area (Å²) in [5.41, 5.74) is 2.90. The number of ether oxygens (including phenoxy) is 1. The first kappa shape index (κ1) is 22.7. The van der Waals surface area contributed by atoms with Crippen molar-refractivity contribution in [2.24, 2.45) is 0 Å². The number of hydrogen-bond acceptors (Lipinski definition) is 3. The van der Waals surface area contributed by atoms with Crippen LogP contribution in [-0.2, 0) is 11.3 Å². The lowest BCUT2D eigenvalue weighted by Crippen LogP contribution is -2.31. The molecule has 0 saturated carbocycles. The van der Waals surface area contributed by atoms with Gasteiger partial charge in [-0.3, -0.25) is 9.59 Å². The number of rotatable bonds is 7. The minimum atomic E-state index is -0.845. The van der Waals surface area contributed by atoms with Gasteiger partial charge in [-0.1, -0.05) is 65.2 Å². The third-order valence-corrected chi connectivity index (χ3v) is 5.10. The molecular weight excluding hydrogens is 435 g/mol. The van der Waals surface area contributed by atoms with Crippen LogP contribution < -0.4 is 15.4 Å². The third kappa shape index (κ3) is 6.23. The highest BCUT2D eigenvalue weighted by Crippen LogP contribution is 2.28. The second kappa shape index (κ2) is 10.3. The van der Waals surface area contributed by atoms with Crippen molar-refractivity contribution >= 4 is 40.7 Å². The van der Waals surface area contributed by atoms with Crippen LogP contribution in [0.3, 0.4) is 0 Å². The summed E-state index contributed by atoms with van der Waals surface area (Å²) in [7, 11) is 0. The second-order valence-electron chi connectivity index (χ2n) is 7.04. The number of carbonyl (C=O) groups excluding carboxylic acids is 2. The average Bonchev–Trinajstić information content (AvgIpc) is 2.75. The van der Waals surface area contributed by atoms with E-state index in [0.29, 0.717) is 33.6 Å². The second-order valence-corrected chi connectivity index (χ2v) is 7.88. The minimum absolute atomic E-state index is 0.286. The molecule has 0 fully saturated rings. The molecule has 0 saturated heterocycles. The van der Waals surface area contributed by atoms with Crippen LogP contribution >= 0.6 is 23.2 Å². The Morgan fingerprint density at radius 3 is 2.42 bits per heavy atom. The predicted octanol–water partition coefficient (Wildman–Crippen LogP) is 5.64. The molecule has 1 unspecified atom stereocenters. The molecule has 0 spiro atoms. The molecule has 3 aromatic rings. The van der Waals surface area contributed by atoms with Crippen molar-refractivity contribution in [2.75, 3.05) is 5.32 Å². The average molecular weight is 457 g/mol. The zero-order valence-corrected chi connectivity index (χ0v) is 18.6. The molecule has 1 atom stereocenters. The highest BCUT2D eigenvalue weighted by Gasteiger charge is 2.19. The van der Waals surface area contributed by atoms with Gasteiger partial charge in [-0.15, -0.1) is 0 Å². The summed E-state index contributed by atoms with van der Waals surface area (Å²) in [6.07, 6.45) is -0.845. The van der Waals surface area contributed by atoms with Crippen LogP contribution in [0, 0.1) is 6.92 Å². The number of anilines is 1. The van der Waals surface area contributed by atoms with E-state index in [4.69, 9.17) is 27.9 Å². The number of benzene rings is 3. The largest absolute Gasteiger partial charge is 0.479 e. The van der Waals surface area contributed by atoms with Gasteiger partial charge < -0.3 is 15.4 Å². The lowest BCUT2D eigenvalue weighted by molar-refractivity contribution is -0.122. The molecule has 0 aliphatic carbocycles. The highest BCUT2D eigenvalue weighted by atomic mass is 35.5. The maximum Gasteiger partial charge on any atom is 0.265 e. The normalized spacial score (nSPS) is 11.5. The lowest BCUT2D eigenvalue weighted by atomic mass is 10.1. The lowest BCUT2D eigenvalue weighted by Gasteiger charge is -2.17. The Labute approximate surface area is 191 Å². The zero-order valence-electron chi connectivity index (χ0n) is 17.1. The maximum absolute atomic E-state index is 12.7. The van der Waals surface area contributed by atoms with Crippen LogP contribution in [0.2, 0.25) is 10.0 Å². The maximum atomic E-state index is 12.7. The molecule has 2 N–H and O–H groups in total. The van der Waals surface area contributed by atoms with Gasteiger partial charge in [0.2, 0.25) is 0 Å². The molecule has 7 heteroatoms. The molecule has 3 rings (SSSR count). The highest BCUT2D eigenvalue weighted by molar-refractivity contribution is 6.35. The van der Waals surface area contributed by atoms with Crippen molar-refractivity contribution in [3.63, 3.8) is 0 Å². The standard InChI is InChI=1S/C24H22Cl2N2O3/c1-15-7-9-17(10-8-15)14-27-24(30)19-5-3-4-6-21(19)28-23(29)16(2)31-22-12-11-18(25)13-20(22)26/h3-13,16H,14H2,1-2H3,(H,27,30)(H,28,29). The van der Waals surface area contributed by atoms with E-state index in [9.17, 15) is 9.59 Å². The molecule has 2 amide bonds. The Balaban J connectivity index is 1.65. The topological polar surface area (TPSA) is 67.4 Å². The Hall–Kier alpha value is -3.02. The zero-order chi connectivity index (χ0) is 22.4. The fourth-order valence-electron chi connectivity index (χ4n) is 2.82. The Morgan fingerprint density at radius 1 is 1.00 bits per heavy atom. The summed E-state index contributed by atoms with van der Waals surface area (Å²) in [5, 5.41) is 6.41. The van der Waals surface area contributed by atoms with E-state index in [0.717, 1.165) is 11.1 Å². The number of aryl methyl sites for hydroxylation is 1. The van der Waals surface area contributed by atoms with Gasteiger partial charge in [0.25, 0.3) is 11.8 Å². The summed E-state index contributed by atoms with van der Waals surface area (Å²) in [6, 6.07) is 19.5. The molecule has 0 aromatic heterocycles. The molecule has 0 heterocycles. The van der Waals surface area contributed by atoms with Crippen LogP contribution in [0.1, 0.15) is 28.4 Å². The molecule has 0 bridgehead atoms. The van der Waals surface area contributed by atoms with E-state index >= 15 is 0 Å². The fourth-order valence-corrected chi connectivity index (χ4v) is 3.28. The Bertz CT molecular complexity index is 1080. The van der Waals surface area contributed by atoms with Gasteiger partial charge in [0.1, 0.15) is 5.75 Å². The van der Waals surface area contributed by atoms with E-state index in [-0.39, 0.29) is 5.91 Å². The number of nitrogens with one attached hydrogen (secondary N) is 2. The molecule has 0 aliphatic heterocycles. The molecule has 31 heavy (non-hydrogen) atoms. The van der Waals surface area contributed by atoms with Crippen LogP contribution in [0.5, 0.6) is 5.75 Å². The van der Waals surface area contributed by atoms with Crippen molar-refractivity contribution in [1.82, 2.24) is 5.32 Å². The number of carbonyl (C=O) groups is 2. The van der Waals surface area contributed by atoms with Gasteiger partial charge in [0.05, 0.1) is 16.3 Å². The molecule has 0 radical (unpaired) electrons. The summed E-state index contributed by atoms with van der Waals surface area (Å²) in [4.78, 5) is 25.3. The summed E-state index contributed by atoms with van der Waals surface area (Å²) in [6.45, 7) is 3.99. The smallest absolute Gasteiger partial charge is 0.265 e. The quantitative estimate of drug-likeness (QED) is 0.483. The summed E-state index contributed by atoms with van der Waals surface area (Å²) >= 11 is 12.0. The Morgan fingerprint density at radius 2 is 1.71 bits per heavy atom. The number of halogens is 2. The van der Waals surface area contributed by atoms with Crippen molar-refractivity contribution in [2.45, 2.75) is 26.5 Å². The van der Waals surface area contributed by atoms with Crippen LogP contribution in [-0.4, -0.2) is 17.9 Å². The van der Waals surface area contributed by atoms with Crippen molar-refractivity contribution in [1.29, 1.82) is 0 Å². The number of para-hydroxylation sites is 1. The number of hydrogen-bond donors (Lipinski definition) is 2. The predicted molar refractivity (Wildman–Crippen MR) is 124 cm³/mol. The summed E-state index contributed by atoms with van der Waals surface area (Å²) in [5.74, 6) is -0.353. The van der Waals surface area contributed by atoms with E-state index in [1.807, 2.05) is 31.2 Å². The fraction of sp³-hybridized carbons (Fsp3) is 0.167. The van der Waals surface area contributed by atoms with Crippen molar-refractivity contribution in [3.8, 4) is 5.75 Å². The van der Waals surface area contributed by atoms with Gasteiger partial charge >= 0.3 is 0 Å². The van der Waals surface area contributed by atoms with Crippen molar-refractivity contribution < 1.29 is 14.3 Å².